The summed E-state index contributed by atoms with van der Waals surface area (Å²) in [5, 5.41) is 40.5. The number of halogens is 2. The van der Waals surface area contributed by atoms with Gasteiger partial charge in [0.25, 0.3) is 6.47 Å². The van der Waals surface area contributed by atoms with Crippen LogP contribution in [0, 0.1) is 34.3 Å². The molecule has 0 N–H and O–H groups in total. The van der Waals surface area contributed by atoms with Crippen LogP contribution in [0.2, 0.25) is 0 Å². The van der Waals surface area contributed by atoms with Crippen LogP contribution in [-0.4, -0.2) is 45.5 Å². The molecule has 0 aliphatic heterocycles. The van der Waals surface area contributed by atoms with Crippen LogP contribution in [0.3, 0.4) is 0 Å². The van der Waals surface area contributed by atoms with E-state index in [4.69, 9.17) is 38.3 Å². The van der Waals surface area contributed by atoms with Gasteiger partial charge in [0, 0.05) is 105 Å². The number of furan rings is 3. The fourth-order valence-electron chi connectivity index (χ4n) is 18.2. The zero-order valence-corrected chi connectivity index (χ0v) is 77.0. The minimum Gasteiger partial charge on any atom is -1.00 e. The van der Waals surface area contributed by atoms with Gasteiger partial charge in [-0.3, -0.25) is 4.79 Å². The molecule has 7 heterocycles. The van der Waals surface area contributed by atoms with Crippen LogP contribution in [0.1, 0.15) is 31.1 Å². The number of carbonyl (C=O) groups excluding carboxylic acids is 1. The number of nitriles is 2. The van der Waals surface area contributed by atoms with E-state index in [1.807, 2.05) is 188 Å². The molecule has 1 aliphatic carbocycles. The Morgan fingerprint density at radius 2 is 0.654 bits per heavy atom. The van der Waals surface area contributed by atoms with E-state index in [9.17, 15) is 10.5 Å². The van der Waals surface area contributed by atoms with E-state index in [0.29, 0.717) is 56.9 Å². The van der Waals surface area contributed by atoms with E-state index >= 15 is 8.78 Å². The van der Waals surface area contributed by atoms with Crippen molar-refractivity contribution in [2.75, 3.05) is 0 Å². The van der Waals surface area contributed by atoms with Gasteiger partial charge in [0.05, 0.1) is 62.3 Å². The van der Waals surface area contributed by atoms with Crippen LogP contribution < -0.4 is 108 Å². The molecule has 25 rings (SSSR count). The van der Waals surface area contributed by atoms with Gasteiger partial charge in [-0.1, -0.05) is 323 Å². The molecule has 0 amide bonds. The molecular formula is C113H70F2K2N10O6. The summed E-state index contributed by atoms with van der Waals surface area (Å²) in [5.41, 5.74) is 21.4. The van der Waals surface area contributed by atoms with E-state index in [2.05, 4.69) is 193 Å². The summed E-state index contributed by atoms with van der Waals surface area (Å²) in [6.07, 6.45) is 0.975. The average Bonchev–Trinajstić information content (AvgIpc) is 1.51. The van der Waals surface area contributed by atoms with Gasteiger partial charge in [0.1, 0.15) is 22.3 Å². The Labute approximate surface area is 846 Å². The second-order valence-corrected chi connectivity index (χ2v) is 31.2. The van der Waals surface area contributed by atoms with Gasteiger partial charge >= 0.3 is 103 Å². The van der Waals surface area contributed by atoms with E-state index < -0.39 is 11.6 Å². The topological polar surface area (TPSA) is 224 Å². The van der Waals surface area contributed by atoms with Gasteiger partial charge in [-0.05, 0) is 88.5 Å². The molecule has 0 spiro atoms. The molecule has 7 aromatic heterocycles. The maximum Gasteiger partial charge on any atom is 1.00 e. The normalized spacial score (nSPS) is 11.2. The summed E-state index contributed by atoms with van der Waals surface area (Å²) in [7, 11) is 0. The molecule has 0 saturated heterocycles. The molecular weight excluding hydrogens is 1710 g/mol. The van der Waals surface area contributed by atoms with Gasteiger partial charge in [0.15, 0.2) is 57.7 Å². The first-order chi connectivity index (χ1) is 64.2. The second-order valence-electron chi connectivity index (χ2n) is 31.2. The summed E-state index contributed by atoms with van der Waals surface area (Å²) in [6, 6.07) is 128. The first kappa shape index (κ1) is 87.6. The van der Waals surface area contributed by atoms with Crippen LogP contribution in [0.25, 0.3) is 223 Å². The molecule has 133 heavy (non-hydrogen) atoms. The minimum atomic E-state index is -1.12. The molecule has 0 atom stereocenters. The predicted molar refractivity (Wildman–Crippen MR) is 513 cm³/mol. The van der Waals surface area contributed by atoms with Crippen molar-refractivity contribution in [3.05, 3.63) is 410 Å². The molecule has 0 unspecified atom stereocenters. The third kappa shape index (κ3) is 15.7. The van der Waals surface area contributed by atoms with Gasteiger partial charge in [0.2, 0.25) is 0 Å². The van der Waals surface area contributed by atoms with Crippen molar-refractivity contribution in [3.63, 3.8) is 0 Å². The Morgan fingerprint density at radius 1 is 0.331 bits per heavy atom. The van der Waals surface area contributed by atoms with Crippen LogP contribution >= 0.6 is 0 Å². The van der Waals surface area contributed by atoms with E-state index in [1.165, 1.54) is 39.1 Å². The Bertz CT molecular complexity index is 8620. The number of fused-ring (bicyclic) bond motifs is 21. The number of benzene rings is 17. The van der Waals surface area contributed by atoms with E-state index in [0.717, 1.165) is 139 Å². The van der Waals surface area contributed by atoms with Crippen molar-refractivity contribution in [3.8, 4) is 125 Å². The van der Waals surface area contributed by atoms with Crippen molar-refractivity contribution in [2.24, 2.45) is 0 Å². The average molecular weight is 1780 g/mol. The Morgan fingerprint density at radius 3 is 1.09 bits per heavy atom. The SMILES string of the molecule is C.N#Cc1cc(-c2nc(-c3ccccc3)nc(-c3ccccc3)n2)c(-n2c3ccccc3c3ccc4c5ccccc5oc4c32)c(-n2c3ccccc3c3ccc4c5ccccc5oc4c32)c1-c1ccccc1.N#Cc1cc(-c2nc(-c3ccccc3)nc(-c3ccccc3)n2)c(F)c(F)c1-c1ccccc1.O=CO[O-].[H-].[K+].[K+].c1ccc2c(c1)Cc1c-2ccc2c1oc1ccccc12. The maximum atomic E-state index is 15.4. The Kier molecular flexibility index (Phi) is 24.8. The van der Waals surface area contributed by atoms with Gasteiger partial charge in [-0.25, -0.2) is 38.7 Å². The van der Waals surface area contributed by atoms with Crippen molar-refractivity contribution < 1.29 is 141 Å². The number of aromatic nitrogens is 8. The van der Waals surface area contributed by atoms with Crippen LogP contribution in [0.15, 0.2) is 389 Å². The second kappa shape index (κ2) is 37.6. The van der Waals surface area contributed by atoms with Crippen LogP contribution in [-0.2, 0) is 16.1 Å². The first-order valence-electron chi connectivity index (χ1n) is 42.0. The molecule has 16 nitrogen and oxygen atoms in total. The molecule has 624 valence electrons. The summed E-state index contributed by atoms with van der Waals surface area (Å²) in [5.74, 6) is -0.275. The fraction of sp³-hybridized carbons (Fsp3) is 0.0177. The molecule has 0 fully saturated rings. The summed E-state index contributed by atoms with van der Waals surface area (Å²) in [4.78, 5) is 40.7. The number of carbonyl (C=O) groups is 1. The Hall–Kier alpha value is -14.7. The van der Waals surface area contributed by atoms with Crippen molar-refractivity contribution in [1.82, 2.24) is 39.0 Å². The van der Waals surface area contributed by atoms with Crippen LogP contribution in [0.5, 0.6) is 0 Å². The molecule has 0 saturated carbocycles. The van der Waals surface area contributed by atoms with Crippen molar-refractivity contribution in [2.45, 2.75) is 13.8 Å². The maximum absolute atomic E-state index is 15.4. The van der Waals surface area contributed by atoms with Crippen LogP contribution in [0.4, 0.5) is 8.78 Å². The number of para-hydroxylation sites is 5. The van der Waals surface area contributed by atoms with E-state index in [1.54, 1.807) is 30.3 Å². The van der Waals surface area contributed by atoms with Gasteiger partial charge in [-0.15, -0.1) is 0 Å². The summed E-state index contributed by atoms with van der Waals surface area (Å²) >= 11 is 0. The fourth-order valence-corrected chi connectivity index (χ4v) is 18.2. The Balaban J connectivity index is 0.000000159. The van der Waals surface area contributed by atoms with Crippen molar-refractivity contribution >= 4 is 116 Å². The monoisotopic (exact) mass is 1780 g/mol. The van der Waals surface area contributed by atoms with Gasteiger partial charge < -0.3 is 34.0 Å². The van der Waals surface area contributed by atoms with E-state index in [-0.39, 0.29) is 141 Å². The smallest absolute Gasteiger partial charge is 1.00 e. The molecule has 0 bridgehead atoms. The molecule has 1 aliphatic rings. The van der Waals surface area contributed by atoms with Crippen molar-refractivity contribution in [1.29, 1.82) is 10.5 Å². The zero-order chi connectivity index (χ0) is 87.5. The molecule has 17 aromatic carbocycles. The summed E-state index contributed by atoms with van der Waals surface area (Å²) in [6.45, 7) is -0.181. The first-order valence-corrected chi connectivity index (χ1v) is 42.0. The summed E-state index contributed by atoms with van der Waals surface area (Å²) < 4.78 is 55.6. The number of nitrogens with zero attached hydrogens (tertiary/aromatic N) is 10. The zero-order valence-electron chi connectivity index (χ0n) is 71.8. The minimum absolute atomic E-state index is 0. The number of rotatable bonds is 11. The largest absolute Gasteiger partial charge is 1.00 e. The predicted octanol–water partition coefficient (Wildman–Crippen LogP) is 21.4. The third-order valence-corrected chi connectivity index (χ3v) is 23.9. The van der Waals surface area contributed by atoms with Gasteiger partial charge in [-0.2, -0.15) is 10.5 Å². The molecule has 24 aromatic rings. The standard InChI is InChI=1S/C64H36N6O2.C28H16F2N4.C19H12O.CH2O3.CH4.2K.H/c65-37-41-36-50(64-67-62(39-20-6-2-7-21-39)66-63(68-64)40-22-8-3-9-23-40)56(69-51-28-14-10-24-42(51)46-32-34-48-44-26-12-16-30-53(44)71-60(48)57(46)69)59(55(41)38-18-4-1-5-19-38)70-52-29-15-11-25-43(52)47-33-35-49-45-27-13-17-31-54(45)72-61(49)58(47)70;29-24-22(16-21(17-31)23(25(24)30)18-10-4-1-5-11-18)28-33-26(19-12-6-2-7-13-19)32-27(34-28)20-14-8-3-9-15-20;1-2-6-13-12(5-1)11-17-14(13)9-10-16-15-7-3-4-8-18(15)20-19(16)17;2-1-4-3;;;;/h1-36H;1-16H;1-10H,11H2;1,3H;1H4;;;/q;;;;;2*+1;-1/p-1. The number of hydrogen-bond donors (Lipinski definition) is 0. The molecule has 0 radical (unpaired) electrons. The quantitative estimate of drug-likeness (QED) is 0.0508. The third-order valence-electron chi connectivity index (χ3n) is 23.9. The number of hydrogen-bond acceptors (Lipinski definition) is 14. The molecule has 20 heteroatoms.